The molecule has 8 atom stereocenters. The number of aliphatic hydroxyl groups excluding tert-OH is 1. The summed E-state index contributed by atoms with van der Waals surface area (Å²) in [5.74, 6) is -8.84. The van der Waals surface area contributed by atoms with Gasteiger partial charge in [-0.1, -0.05) is 12.1 Å². The summed E-state index contributed by atoms with van der Waals surface area (Å²) in [7, 11) is 0. The molecule has 12 N–H and O–H groups in total. The maximum absolute atomic E-state index is 14.2. The van der Waals surface area contributed by atoms with Crippen molar-refractivity contribution in [3.63, 3.8) is 0 Å². The van der Waals surface area contributed by atoms with Gasteiger partial charge in [0.25, 0.3) is 0 Å². The molecule has 1 aliphatic rings. The van der Waals surface area contributed by atoms with E-state index < -0.39 is 115 Å². The summed E-state index contributed by atoms with van der Waals surface area (Å²) in [4.78, 5) is 117. The average molecular weight is 886 g/mol. The topological polar surface area (TPSA) is 344 Å². The highest BCUT2D eigenvalue weighted by molar-refractivity contribution is 7.98. The van der Waals surface area contributed by atoms with Gasteiger partial charge in [-0.05, 0) is 80.7 Å². The van der Waals surface area contributed by atoms with Gasteiger partial charge in [0.1, 0.15) is 42.0 Å². The van der Waals surface area contributed by atoms with Crippen molar-refractivity contribution in [2.75, 3.05) is 30.6 Å². The maximum Gasteiger partial charge on any atom is 0.326 e. The largest absolute Gasteiger partial charge is 0.508 e. The summed E-state index contributed by atoms with van der Waals surface area (Å²) < 4.78 is 0. The van der Waals surface area contributed by atoms with Crippen LogP contribution in [0.1, 0.15) is 57.4 Å². The van der Waals surface area contributed by atoms with E-state index in [2.05, 4.69) is 21.3 Å². The van der Waals surface area contributed by atoms with Gasteiger partial charge in [-0.2, -0.15) is 23.5 Å². The fourth-order valence-corrected chi connectivity index (χ4v) is 7.06. The van der Waals surface area contributed by atoms with Crippen LogP contribution in [0.15, 0.2) is 24.3 Å². The minimum atomic E-state index is -1.87. The molecule has 1 aromatic carbocycles. The van der Waals surface area contributed by atoms with Gasteiger partial charge in [0.2, 0.25) is 35.4 Å². The monoisotopic (exact) mass is 885 g/mol. The number of amides is 6. The van der Waals surface area contributed by atoms with Crippen LogP contribution >= 0.6 is 23.5 Å². The summed E-state index contributed by atoms with van der Waals surface area (Å²) in [6.45, 7) is 1.19. The van der Waals surface area contributed by atoms with Crippen molar-refractivity contribution in [1.82, 2.24) is 31.5 Å². The van der Waals surface area contributed by atoms with Gasteiger partial charge in [-0.25, -0.2) is 4.79 Å². The number of aromatic hydroxyl groups is 1. The molecule has 0 saturated carbocycles. The van der Waals surface area contributed by atoms with E-state index in [-0.39, 0.29) is 44.4 Å². The number of likely N-dealkylation sites (tertiary alicyclic amines) is 1. The van der Waals surface area contributed by atoms with Crippen LogP contribution in [-0.4, -0.2) is 163 Å². The minimum Gasteiger partial charge on any atom is -0.508 e. The number of nitrogens with one attached hydrogen (secondary N) is 5. The number of phenolic OH excluding ortho intramolecular Hbond substituents is 1. The van der Waals surface area contributed by atoms with E-state index in [1.165, 1.54) is 52.7 Å². The summed E-state index contributed by atoms with van der Waals surface area (Å²) in [5, 5.41) is 59.9. The molecule has 0 spiro atoms. The lowest BCUT2D eigenvalue weighted by atomic mass is 10.0. The molecule has 1 saturated heterocycles. The molecule has 2 rings (SSSR count). The van der Waals surface area contributed by atoms with Crippen molar-refractivity contribution in [3.05, 3.63) is 29.8 Å². The lowest BCUT2D eigenvalue weighted by molar-refractivity contribution is -0.148. The third-order valence-electron chi connectivity index (χ3n) is 9.38. The van der Waals surface area contributed by atoms with Crippen LogP contribution in [0.4, 0.5) is 0 Å². The van der Waals surface area contributed by atoms with Crippen LogP contribution < -0.4 is 32.3 Å². The van der Waals surface area contributed by atoms with Crippen LogP contribution in [0, 0.1) is 0 Å². The number of phenols is 1. The van der Waals surface area contributed by atoms with E-state index in [1.54, 1.807) is 6.26 Å². The Balaban J connectivity index is 2.38. The highest BCUT2D eigenvalue weighted by atomic mass is 32.2. The predicted molar refractivity (Wildman–Crippen MR) is 219 cm³/mol. The number of hydrogen-bond donors (Lipinski definition) is 11. The molecule has 0 aromatic heterocycles. The van der Waals surface area contributed by atoms with E-state index in [0.717, 1.165) is 6.92 Å². The first-order chi connectivity index (χ1) is 28.3. The molecule has 1 aliphatic heterocycles. The van der Waals surface area contributed by atoms with Gasteiger partial charge in [0, 0.05) is 19.4 Å². The van der Waals surface area contributed by atoms with Crippen molar-refractivity contribution in [2.45, 2.75) is 107 Å². The summed E-state index contributed by atoms with van der Waals surface area (Å²) in [6.07, 6.45) is 0.733. The number of hydrogen-bond acceptors (Lipinski definition) is 14. The molecule has 60 heavy (non-hydrogen) atoms. The first-order valence-electron chi connectivity index (χ1n) is 19.0. The number of aliphatic hydroxyl groups is 1. The summed E-state index contributed by atoms with van der Waals surface area (Å²) >= 11 is 2.80. The number of carbonyl (C=O) groups is 9. The molecular weight excluding hydrogens is 831 g/mol. The fraction of sp³-hybridized carbons (Fsp3) is 0.595. The molecule has 0 aliphatic carbocycles. The standard InChI is InChI=1S/C37H55N7O14S2/c1-19(45)30(35(55)42-26(37(57)58)18-29(49)50)43-34(54)27-5-4-14-44(27)36(56)24(13-16-60-3)40-33(53)25(17-20-6-8-21(46)9-7-20)41-32(52)23(10-11-28(47)48)39-31(51)22(38)12-15-59-2/h6-9,19,22-27,30,45-46H,4-5,10-18,38H2,1-3H3,(H,39,51)(H,40,53)(H,41,52)(H,42,55)(H,43,54)(H,47,48)(H,49,50)(H,57,58). The molecule has 334 valence electrons. The number of carbonyl (C=O) groups excluding carboxylic acids is 6. The van der Waals surface area contributed by atoms with Crippen molar-refractivity contribution >= 4 is 76.9 Å². The second-order valence-corrected chi connectivity index (χ2v) is 16.0. The van der Waals surface area contributed by atoms with Crippen molar-refractivity contribution < 1.29 is 68.7 Å². The van der Waals surface area contributed by atoms with Gasteiger partial charge in [-0.3, -0.25) is 38.4 Å². The number of benzene rings is 1. The highest BCUT2D eigenvalue weighted by Gasteiger charge is 2.41. The molecular formula is C37H55N7O14S2. The Morgan fingerprint density at radius 1 is 0.750 bits per heavy atom. The fourth-order valence-electron chi connectivity index (χ4n) is 6.10. The number of nitrogens with two attached hydrogens (primary N) is 1. The Morgan fingerprint density at radius 2 is 1.32 bits per heavy atom. The lowest BCUT2D eigenvalue weighted by Crippen LogP contribution is -2.61. The molecule has 0 radical (unpaired) electrons. The molecule has 1 heterocycles. The SMILES string of the molecule is CSCCC(N)C(=O)NC(CCC(=O)O)C(=O)NC(Cc1ccc(O)cc1)C(=O)NC(CCSC)C(=O)N1CCCC1C(=O)NC(C(=O)NC(CC(=O)O)C(=O)O)C(C)O. The second-order valence-electron chi connectivity index (χ2n) is 14.1. The molecule has 23 heteroatoms. The van der Waals surface area contributed by atoms with Crippen LogP contribution in [-0.2, 0) is 49.6 Å². The van der Waals surface area contributed by atoms with Gasteiger partial charge in [0.05, 0.1) is 18.6 Å². The third kappa shape index (κ3) is 16.9. The zero-order chi connectivity index (χ0) is 45.1. The Hall–Kier alpha value is -5.13. The van der Waals surface area contributed by atoms with Gasteiger partial charge in [0.15, 0.2) is 0 Å². The summed E-state index contributed by atoms with van der Waals surface area (Å²) in [6, 6.07) is -4.22. The van der Waals surface area contributed by atoms with Crippen LogP contribution in [0.5, 0.6) is 5.75 Å². The molecule has 21 nitrogen and oxygen atoms in total. The zero-order valence-electron chi connectivity index (χ0n) is 33.5. The van der Waals surface area contributed by atoms with Crippen LogP contribution in [0.2, 0.25) is 0 Å². The lowest BCUT2D eigenvalue weighted by Gasteiger charge is -2.31. The molecule has 1 aromatic rings. The Labute approximate surface area is 354 Å². The highest BCUT2D eigenvalue weighted by Crippen LogP contribution is 2.21. The van der Waals surface area contributed by atoms with Gasteiger partial charge >= 0.3 is 17.9 Å². The third-order valence-corrected chi connectivity index (χ3v) is 10.7. The van der Waals surface area contributed by atoms with Crippen molar-refractivity contribution in [1.29, 1.82) is 0 Å². The Bertz CT molecular complexity index is 1690. The molecule has 1 fully saturated rings. The predicted octanol–water partition coefficient (Wildman–Crippen LogP) is -2.01. The number of nitrogens with zero attached hydrogens (tertiary/aromatic N) is 1. The smallest absolute Gasteiger partial charge is 0.326 e. The van der Waals surface area contributed by atoms with Crippen LogP contribution in [0.25, 0.3) is 0 Å². The maximum atomic E-state index is 14.2. The Morgan fingerprint density at radius 3 is 1.88 bits per heavy atom. The van der Waals surface area contributed by atoms with E-state index in [0.29, 0.717) is 23.5 Å². The minimum absolute atomic E-state index is 0.0471. The second kappa shape index (κ2) is 25.5. The van der Waals surface area contributed by atoms with E-state index in [4.69, 9.17) is 10.8 Å². The number of carboxylic acid groups (broad SMARTS) is 3. The molecule has 0 bridgehead atoms. The summed E-state index contributed by atoms with van der Waals surface area (Å²) in [5.41, 5.74) is 6.45. The quantitative estimate of drug-likeness (QED) is 0.0479. The number of carboxylic acids is 3. The molecule has 8 unspecified atom stereocenters. The average Bonchev–Trinajstić information content (AvgIpc) is 3.68. The van der Waals surface area contributed by atoms with E-state index >= 15 is 0 Å². The van der Waals surface area contributed by atoms with Crippen LogP contribution in [0.3, 0.4) is 0 Å². The number of aliphatic carboxylic acids is 3. The number of rotatable bonds is 26. The molecule has 6 amide bonds. The zero-order valence-corrected chi connectivity index (χ0v) is 35.1. The first kappa shape index (κ1) is 51.0. The Kier molecular flexibility index (Phi) is 21.7. The number of thioether (sulfide) groups is 2. The van der Waals surface area contributed by atoms with Gasteiger partial charge in [-0.15, -0.1) is 0 Å². The van der Waals surface area contributed by atoms with Crippen molar-refractivity contribution in [2.24, 2.45) is 5.73 Å². The van der Waals surface area contributed by atoms with Gasteiger partial charge < -0.3 is 62.8 Å². The first-order valence-corrected chi connectivity index (χ1v) is 21.8. The van der Waals surface area contributed by atoms with E-state index in [9.17, 15) is 63.6 Å². The normalized spacial score (nSPS) is 17.1. The van der Waals surface area contributed by atoms with E-state index in [1.807, 2.05) is 11.6 Å². The van der Waals surface area contributed by atoms with Crippen molar-refractivity contribution in [3.8, 4) is 5.75 Å².